The van der Waals surface area contributed by atoms with E-state index < -0.39 is 24.0 Å². The van der Waals surface area contributed by atoms with E-state index in [4.69, 9.17) is 16.3 Å². The van der Waals surface area contributed by atoms with Crippen molar-refractivity contribution in [2.24, 2.45) is 0 Å². The van der Waals surface area contributed by atoms with Crippen molar-refractivity contribution in [3.63, 3.8) is 0 Å². The third-order valence-corrected chi connectivity index (χ3v) is 4.71. The molecule has 3 amide bonds. The van der Waals surface area contributed by atoms with Gasteiger partial charge in [-0.2, -0.15) is 5.10 Å². The van der Waals surface area contributed by atoms with Crippen molar-refractivity contribution in [2.45, 2.75) is 26.1 Å². The summed E-state index contributed by atoms with van der Waals surface area (Å²) >= 11 is 6.14. The Morgan fingerprint density at radius 1 is 1.10 bits per heavy atom. The van der Waals surface area contributed by atoms with Gasteiger partial charge in [0.05, 0.1) is 18.3 Å². The second kappa shape index (κ2) is 10.4. The number of amides is 3. The summed E-state index contributed by atoms with van der Waals surface area (Å²) in [6.45, 7) is 2.02. The Morgan fingerprint density at radius 3 is 2.55 bits per heavy atom. The summed E-state index contributed by atoms with van der Waals surface area (Å²) in [5, 5.41) is 9.43. The molecule has 1 atom stereocenters. The van der Waals surface area contributed by atoms with Gasteiger partial charge in [0.15, 0.2) is 6.10 Å². The molecule has 0 radical (unpaired) electrons. The molecule has 160 valence electrons. The molecule has 3 aromatic rings. The molecule has 0 aliphatic rings. The third-order valence-electron chi connectivity index (χ3n) is 4.34. The number of aromatic nitrogens is 2. The van der Waals surface area contributed by atoms with Crippen LogP contribution in [-0.4, -0.2) is 33.8 Å². The number of hydrogen-bond acceptors (Lipinski definition) is 5. The number of esters is 1. The number of benzene rings is 2. The number of halogens is 1. The number of rotatable bonds is 7. The maximum atomic E-state index is 12.3. The molecule has 8 nitrogen and oxygen atoms in total. The molecular formula is C22H21ClN4O4. The molecule has 31 heavy (non-hydrogen) atoms. The Bertz CT molecular complexity index is 1070. The van der Waals surface area contributed by atoms with E-state index in [-0.39, 0.29) is 12.1 Å². The molecule has 0 saturated heterocycles. The Labute approximate surface area is 184 Å². The molecular weight excluding hydrogens is 420 g/mol. The van der Waals surface area contributed by atoms with Crippen molar-refractivity contribution in [2.75, 3.05) is 0 Å². The molecule has 0 spiro atoms. The van der Waals surface area contributed by atoms with Gasteiger partial charge in [0.1, 0.15) is 0 Å². The molecule has 2 aromatic carbocycles. The fraction of sp³-hybridized carbons (Fsp3) is 0.182. The summed E-state index contributed by atoms with van der Waals surface area (Å²) in [4.78, 5) is 36.3. The van der Waals surface area contributed by atoms with Gasteiger partial charge in [-0.25, -0.2) is 9.59 Å². The average Bonchev–Trinajstić information content (AvgIpc) is 3.23. The molecule has 0 saturated carbocycles. The van der Waals surface area contributed by atoms with E-state index in [1.807, 2.05) is 48.5 Å². The van der Waals surface area contributed by atoms with Crippen LogP contribution >= 0.6 is 11.6 Å². The van der Waals surface area contributed by atoms with E-state index in [2.05, 4.69) is 15.7 Å². The molecule has 1 unspecified atom stereocenters. The quantitative estimate of drug-likeness (QED) is 0.549. The van der Waals surface area contributed by atoms with Crippen molar-refractivity contribution in [3.05, 3.63) is 88.7 Å². The van der Waals surface area contributed by atoms with Crippen molar-refractivity contribution in [1.29, 1.82) is 0 Å². The van der Waals surface area contributed by atoms with Crippen LogP contribution in [0, 0.1) is 0 Å². The van der Waals surface area contributed by atoms with Gasteiger partial charge in [-0.05, 0) is 24.1 Å². The highest BCUT2D eigenvalue weighted by atomic mass is 35.5. The maximum Gasteiger partial charge on any atom is 0.342 e. The van der Waals surface area contributed by atoms with Crippen molar-refractivity contribution in [1.82, 2.24) is 20.4 Å². The normalized spacial score (nSPS) is 11.4. The molecule has 9 heteroatoms. The highest BCUT2D eigenvalue weighted by molar-refractivity contribution is 6.31. The van der Waals surface area contributed by atoms with Crippen LogP contribution in [0.4, 0.5) is 4.79 Å². The van der Waals surface area contributed by atoms with Gasteiger partial charge < -0.3 is 10.1 Å². The van der Waals surface area contributed by atoms with E-state index in [9.17, 15) is 14.4 Å². The standard InChI is InChI=1S/C22H21ClN4O4/c1-15(20(28)26-22(30)24-11-16-7-3-2-4-8-16)31-21(29)18-12-25-27(14-18)13-17-9-5-6-10-19(17)23/h2-10,12,14-15H,11,13H2,1H3,(H2,24,26,28,30). The monoisotopic (exact) mass is 440 g/mol. The third kappa shape index (κ3) is 6.42. The first kappa shape index (κ1) is 22.0. The largest absolute Gasteiger partial charge is 0.449 e. The van der Waals surface area contributed by atoms with Crippen molar-refractivity contribution in [3.8, 4) is 0 Å². The number of ether oxygens (including phenoxy) is 1. The fourth-order valence-electron chi connectivity index (χ4n) is 2.67. The predicted molar refractivity (Wildman–Crippen MR) is 114 cm³/mol. The highest BCUT2D eigenvalue weighted by Gasteiger charge is 2.21. The smallest absolute Gasteiger partial charge is 0.342 e. The van der Waals surface area contributed by atoms with E-state index in [1.54, 1.807) is 10.7 Å². The van der Waals surface area contributed by atoms with Gasteiger partial charge in [0.2, 0.25) is 0 Å². The summed E-state index contributed by atoms with van der Waals surface area (Å²) < 4.78 is 6.68. The lowest BCUT2D eigenvalue weighted by molar-refractivity contribution is -0.127. The number of carbonyl (C=O) groups is 3. The summed E-state index contributed by atoms with van der Waals surface area (Å²) in [7, 11) is 0. The summed E-state index contributed by atoms with van der Waals surface area (Å²) in [5.41, 5.74) is 1.92. The van der Waals surface area contributed by atoms with Crippen molar-refractivity contribution < 1.29 is 19.1 Å². The number of carbonyl (C=O) groups excluding carboxylic acids is 3. The Balaban J connectivity index is 1.48. The molecule has 2 N–H and O–H groups in total. The van der Waals surface area contributed by atoms with Gasteiger partial charge >= 0.3 is 12.0 Å². The molecule has 1 aromatic heterocycles. The molecule has 0 aliphatic carbocycles. The van der Waals surface area contributed by atoms with Crippen LogP contribution in [0.2, 0.25) is 5.02 Å². The molecule has 0 fully saturated rings. The van der Waals surface area contributed by atoms with E-state index in [0.717, 1.165) is 11.1 Å². The first-order valence-corrected chi connectivity index (χ1v) is 9.89. The van der Waals surface area contributed by atoms with Gasteiger partial charge in [0.25, 0.3) is 5.91 Å². The van der Waals surface area contributed by atoms with Crippen LogP contribution < -0.4 is 10.6 Å². The number of nitrogens with zero attached hydrogens (tertiary/aromatic N) is 2. The molecule has 0 aliphatic heterocycles. The minimum atomic E-state index is -1.16. The summed E-state index contributed by atoms with van der Waals surface area (Å²) in [6.07, 6.45) is 1.68. The second-order valence-electron chi connectivity index (χ2n) is 6.72. The Morgan fingerprint density at radius 2 is 1.81 bits per heavy atom. The zero-order valence-electron chi connectivity index (χ0n) is 16.7. The number of hydrogen-bond donors (Lipinski definition) is 2. The maximum absolute atomic E-state index is 12.3. The van der Waals surface area contributed by atoms with E-state index in [0.29, 0.717) is 11.6 Å². The van der Waals surface area contributed by atoms with Gasteiger partial charge in [-0.1, -0.05) is 60.1 Å². The first-order chi connectivity index (χ1) is 14.9. The first-order valence-electron chi connectivity index (χ1n) is 9.52. The molecule has 3 rings (SSSR count). The lowest BCUT2D eigenvalue weighted by Gasteiger charge is -2.13. The topological polar surface area (TPSA) is 102 Å². The van der Waals surface area contributed by atoms with Gasteiger partial charge in [-0.15, -0.1) is 0 Å². The van der Waals surface area contributed by atoms with Crippen LogP contribution in [0.1, 0.15) is 28.4 Å². The highest BCUT2D eigenvalue weighted by Crippen LogP contribution is 2.16. The Kier molecular flexibility index (Phi) is 7.40. The minimum Gasteiger partial charge on any atom is -0.449 e. The lowest BCUT2D eigenvalue weighted by Crippen LogP contribution is -2.44. The fourth-order valence-corrected chi connectivity index (χ4v) is 2.87. The summed E-state index contributed by atoms with van der Waals surface area (Å²) in [6, 6.07) is 15.9. The molecule has 1 heterocycles. The summed E-state index contributed by atoms with van der Waals surface area (Å²) in [5.74, 6) is -1.46. The lowest BCUT2D eigenvalue weighted by atomic mass is 10.2. The SMILES string of the molecule is CC(OC(=O)c1cnn(Cc2ccccc2Cl)c1)C(=O)NC(=O)NCc1ccccc1. The van der Waals surface area contributed by atoms with E-state index >= 15 is 0 Å². The van der Waals surface area contributed by atoms with Gasteiger partial charge in [0, 0.05) is 17.8 Å². The Hall–Kier alpha value is -3.65. The van der Waals surface area contributed by atoms with Crippen molar-refractivity contribution >= 4 is 29.5 Å². The number of urea groups is 1. The molecule has 0 bridgehead atoms. The van der Waals surface area contributed by atoms with Crippen LogP contribution in [0.5, 0.6) is 0 Å². The van der Waals surface area contributed by atoms with Crippen LogP contribution in [0.15, 0.2) is 67.0 Å². The predicted octanol–water partition coefficient (Wildman–Crippen LogP) is 3.16. The van der Waals surface area contributed by atoms with Crippen LogP contribution in [0.3, 0.4) is 0 Å². The number of nitrogens with one attached hydrogen (secondary N) is 2. The van der Waals surface area contributed by atoms with Crippen LogP contribution in [-0.2, 0) is 22.6 Å². The minimum absolute atomic E-state index is 0.181. The second-order valence-corrected chi connectivity index (χ2v) is 7.13. The van der Waals surface area contributed by atoms with Crippen LogP contribution in [0.25, 0.3) is 0 Å². The van der Waals surface area contributed by atoms with Gasteiger partial charge in [-0.3, -0.25) is 14.8 Å². The zero-order valence-corrected chi connectivity index (χ0v) is 17.5. The van der Waals surface area contributed by atoms with E-state index in [1.165, 1.54) is 19.3 Å². The average molecular weight is 441 g/mol. The zero-order chi connectivity index (χ0) is 22.2. The number of imide groups is 1.